The van der Waals surface area contributed by atoms with Crippen LogP contribution in [0.15, 0.2) is 42.5 Å². The Morgan fingerprint density at radius 3 is 2.32 bits per heavy atom. The van der Waals surface area contributed by atoms with Gasteiger partial charge in [0, 0.05) is 18.8 Å². The molecule has 3 nitrogen and oxygen atoms in total. The van der Waals surface area contributed by atoms with Crippen LogP contribution >= 0.6 is 0 Å². The number of amides is 1. The van der Waals surface area contributed by atoms with Crippen molar-refractivity contribution in [3.8, 4) is 0 Å². The number of carbonyl (C=O) groups is 1. The second-order valence-electron chi connectivity index (χ2n) is 5.02. The van der Waals surface area contributed by atoms with Crippen molar-refractivity contribution in [2.24, 2.45) is 0 Å². The number of hydrogen-bond donors (Lipinski definition) is 1. The maximum atomic E-state index is 12.5. The molecule has 2 aromatic carbocycles. The quantitative estimate of drug-likeness (QED) is 0.793. The van der Waals surface area contributed by atoms with Crippen LogP contribution < -0.4 is 5.73 Å². The van der Waals surface area contributed by atoms with Crippen LogP contribution in [0.3, 0.4) is 0 Å². The average Bonchev–Trinajstić information content (AvgIpc) is 2.81. The van der Waals surface area contributed by atoms with E-state index < -0.39 is 0 Å². The molecule has 0 spiro atoms. The topological polar surface area (TPSA) is 46.3 Å². The predicted molar refractivity (Wildman–Crippen MR) is 75.6 cm³/mol. The Bertz CT molecular complexity index is 624. The minimum atomic E-state index is 0.00806. The molecule has 0 atom stereocenters. The van der Waals surface area contributed by atoms with E-state index in [1.807, 2.05) is 42.2 Å². The second-order valence-corrected chi connectivity index (χ2v) is 5.02. The fraction of sp³-hybridized carbons (Fsp3) is 0.188. The van der Waals surface area contributed by atoms with Crippen molar-refractivity contribution in [2.75, 3.05) is 5.73 Å². The van der Waals surface area contributed by atoms with Gasteiger partial charge in [-0.1, -0.05) is 30.3 Å². The summed E-state index contributed by atoms with van der Waals surface area (Å²) in [5.41, 5.74) is 10.6. The molecule has 0 aliphatic carbocycles. The van der Waals surface area contributed by atoms with Crippen LogP contribution in [-0.4, -0.2) is 10.8 Å². The van der Waals surface area contributed by atoms with Crippen LogP contribution in [0.2, 0.25) is 0 Å². The molecule has 0 radical (unpaired) electrons. The van der Waals surface area contributed by atoms with E-state index in [0.29, 0.717) is 24.3 Å². The second kappa shape index (κ2) is 4.43. The van der Waals surface area contributed by atoms with Gasteiger partial charge in [-0.25, -0.2) is 0 Å². The highest BCUT2D eigenvalue weighted by Crippen LogP contribution is 2.25. The summed E-state index contributed by atoms with van der Waals surface area (Å²) in [6.45, 7) is 3.31. The molecule has 2 aromatic rings. The molecule has 1 aliphatic heterocycles. The smallest absolute Gasteiger partial charge is 0.256 e. The molecule has 0 bridgehead atoms. The normalized spacial score (nSPS) is 13.4. The highest BCUT2D eigenvalue weighted by Gasteiger charge is 2.24. The van der Waals surface area contributed by atoms with Gasteiger partial charge in [0.15, 0.2) is 0 Å². The van der Waals surface area contributed by atoms with Gasteiger partial charge in [0.1, 0.15) is 0 Å². The molecule has 2 N–H and O–H groups in total. The van der Waals surface area contributed by atoms with Gasteiger partial charge >= 0.3 is 0 Å². The lowest BCUT2D eigenvalue weighted by atomic mass is 10.1. The molecule has 0 aromatic heterocycles. The molecule has 19 heavy (non-hydrogen) atoms. The molecule has 3 rings (SSSR count). The first-order chi connectivity index (χ1) is 9.15. The maximum absolute atomic E-state index is 12.5. The van der Waals surface area contributed by atoms with E-state index in [0.717, 1.165) is 5.56 Å². The maximum Gasteiger partial charge on any atom is 0.256 e. The van der Waals surface area contributed by atoms with Gasteiger partial charge in [0.2, 0.25) is 0 Å². The largest absolute Gasteiger partial charge is 0.398 e. The fourth-order valence-electron chi connectivity index (χ4n) is 2.52. The van der Waals surface area contributed by atoms with E-state index in [2.05, 4.69) is 12.1 Å². The molecule has 3 heteroatoms. The summed E-state index contributed by atoms with van der Waals surface area (Å²) >= 11 is 0. The number of anilines is 1. The van der Waals surface area contributed by atoms with Crippen molar-refractivity contribution >= 4 is 11.6 Å². The van der Waals surface area contributed by atoms with Crippen molar-refractivity contribution in [3.05, 3.63) is 64.7 Å². The zero-order valence-corrected chi connectivity index (χ0v) is 10.9. The number of nitrogens with zero attached hydrogens (tertiary/aromatic N) is 1. The number of benzene rings is 2. The molecule has 1 heterocycles. The van der Waals surface area contributed by atoms with E-state index in [9.17, 15) is 4.79 Å². The Hall–Kier alpha value is -2.29. The van der Waals surface area contributed by atoms with Crippen LogP contribution in [0.25, 0.3) is 0 Å². The first-order valence-corrected chi connectivity index (χ1v) is 6.37. The van der Waals surface area contributed by atoms with Gasteiger partial charge in [-0.2, -0.15) is 0 Å². The van der Waals surface area contributed by atoms with Crippen LogP contribution in [0, 0.1) is 6.92 Å². The third kappa shape index (κ3) is 2.08. The van der Waals surface area contributed by atoms with Crippen molar-refractivity contribution < 1.29 is 4.79 Å². The Morgan fingerprint density at radius 2 is 1.74 bits per heavy atom. The summed E-state index contributed by atoms with van der Waals surface area (Å²) in [5, 5.41) is 0. The van der Waals surface area contributed by atoms with Crippen molar-refractivity contribution in [1.82, 2.24) is 4.90 Å². The molecule has 96 valence electrons. The van der Waals surface area contributed by atoms with Crippen LogP contribution in [0.5, 0.6) is 0 Å². The zero-order chi connectivity index (χ0) is 13.4. The minimum Gasteiger partial charge on any atom is -0.398 e. The number of fused-ring (bicyclic) bond motifs is 1. The van der Waals surface area contributed by atoms with Crippen LogP contribution in [-0.2, 0) is 13.1 Å². The SMILES string of the molecule is Cc1ccc(C(=O)N2Cc3ccccc3C2)c(N)c1. The van der Waals surface area contributed by atoms with Crippen LogP contribution in [0.1, 0.15) is 27.0 Å². The van der Waals surface area contributed by atoms with Gasteiger partial charge in [-0.3, -0.25) is 4.79 Å². The fourth-order valence-corrected chi connectivity index (χ4v) is 2.52. The van der Waals surface area contributed by atoms with Gasteiger partial charge in [0.05, 0.1) is 5.56 Å². The number of aryl methyl sites for hydroxylation is 1. The van der Waals surface area contributed by atoms with Crippen molar-refractivity contribution in [1.29, 1.82) is 0 Å². The molecular formula is C16H16N2O. The summed E-state index contributed by atoms with van der Waals surface area (Å²) in [7, 11) is 0. The first-order valence-electron chi connectivity index (χ1n) is 6.37. The van der Waals surface area contributed by atoms with Gasteiger partial charge in [-0.15, -0.1) is 0 Å². The lowest BCUT2D eigenvalue weighted by Crippen LogP contribution is -2.26. The first kappa shape index (κ1) is 11.8. The summed E-state index contributed by atoms with van der Waals surface area (Å²) in [4.78, 5) is 14.3. The lowest BCUT2D eigenvalue weighted by molar-refractivity contribution is 0.0752. The molecule has 0 saturated heterocycles. The standard InChI is InChI=1S/C16H16N2O/c1-11-6-7-14(15(17)8-11)16(19)18-9-12-4-2-3-5-13(12)10-18/h2-8H,9-10,17H2,1H3. The number of nitrogen functional groups attached to an aromatic ring is 1. The van der Waals surface area contributed by atoms with Gasteiger partial charge in [-0.05, 0) is 35.7 Å². The predicted octanol–water partition coefficient (Wildman–Crippen LogP) is 2.73. The highest BCUT2D eigenvalue weighted by molar-refractivity contribution is 5.99. The van der Waals surface area contributed by atoms with Crippen molar-refractivity contribution in [3.63, 3.8) is 0 Å². The number of rotatable bonds is 1. The molecule has 0 unspecified atom stereocenters. The Labute approximate surface area is 112 Å². The van der Waals surface area contributed by atoms with Crippen LogP contribution in [0.4, 0.5) is 5.69 Å². The summed E-state index contributed by atoms with van der Waals surface area (Å²) in [6.07, 6.45) is 0. The molecular weight excluding hydrogens is 236 g/mol. The van der Waals surface area contributed by atoms with E-state index >= 15 is 0 Å². The van der Waals surface area contributed by atoms with E-state index in [1.165, 1.54) is 11.1 Å². The highest BCUT2D eigenvalue weighted by atomic mass is 16.2. The lowest BCUT2D eigenvalue weighted by Gasteiger charge is -2.16. The monoisotopic (exact) mass is 252 g/mol. The number of nitrogens with two attached hydrogens (primary N) is 1. The number of carbonyl (C=O) groups excluding carboxylic acids is 1. The summed E-state index contributed by atoms with van der Waals surface area (Å²) < 4.78 is 0. The summed E-state index contributed by atoms with van der Waals surface area (Å²) in [5.74, 6) is 0.00806. The van der Waals surface area contributed by atoms with Gasteiger partial charge < -0.3 is 10.6 Å². The van der Waals surface area contributed by atoms with E-state index in [1.54, 1.807) is 0 Å². The zero-order valence-electron chi connectivity index (χ0n) is 10.9. The molecule has 1 amide bonds. The van der Waals surface area contributed by atoms with Crippen molar-refractivity contribution in [2.45, 2.75) is 20.0 Å². The minimum absolute atomic E-state index is 0.00806. The Balaban J connectivity index is 1.87. The van der Waals surface area contributed by atoms with Gasteiger partial charge in [0.25, 0.3) is 5.91 Å². The number of hydrogen-bond acceptors (Lipinski definition) is 2. The summed E-state index contributed by atoms with van der Waals surface area (Å²) in [6, 6.07) is 13.7. The molecule has 0 saturated carbocycles. The van der Waals surface area contributed by atoms with E-state index in [4.69, 9.17) is 5.73 Å². The Morgan fingerprint density at radius 1 is 1.11 bits per heavy atom. The third-order valence-corrected chi connectivity index (χ3v) is 3.57. The molecule has 0 fully saturated rings. The third-order valence-electron chi connectivity index (χ3n) is 3.57. The Kier molecular flexibility index (Phi) is 2.75. The molecule has 1 aliphatic rings. The average molecular weight is 252 g/mol. The van der Waals surface area contributed by atoms with E-state index in [-0.39, 0.29) is 5.91 Å².